The summed E-state index contributed by atoms with van der Waals surface area (Å²) in [5, 5.41) is 13.0. The standard InChI is InChI=1S/C11H10BrF3N2O4/c1-5(9(18)19)16-10(20)17-6-2-3-8(7(12)4-6)21-11(13,14)15/h2-5H,1H3,(H,18,19)(H2,16,17,20)/t5-/m1/s1. The molecular formula is C11H10BrF3N2O4. The number of amides is 2. The Morgan fingerprint density at radius 1 is 1.38 bits per heavy atom. The van der Waals surface area contributed by atoms with Crippen molar-refractivity contribution in [3.63, 3.8) is 0 Å². The third kappa shape index (κ3) is 5.90. The molecule has 0 bridgehead atoms. The fourth-order valence-corrected chi connectivity index (χ4v) is 1.67. The first-order valence-corrected chi connectivity index (χ1v) is 6.23. The van der Waals surface area contributed by atoms with E-state index in [1.807, 2.05) is 0 Å². The van der Waals surface area contributed by atoms with Crippen molar-refractivity contribution in [2.45, 2.75) is 19.3 Å². The van der Waals surface area contributed by atoms with E-state index in [1.54, 1.807) is 0 Å². The number of urea groups is 1. The first kappa shape index (κ1) is 17.1. The topological polar surface area (TPSA) is 87.7 Å². The van der Waals surface area contributed by atoms with Crippen LogP contribution in [0.25, 0.3) is 0 Å². The summed E-state index contributed by atoms with van der Waals surface area (Å²) in [5.74, 6) is -1.69. The molecule has 2 amide bonds. The molecule has 0 saturated heterocycles. The van der Waals surface area contributed by atoms with Gasteiger partial charge in [-0.1, -0.05) is 0 Å². The SMILES string of the molecule is C[C@@H](NC(=O)Nc1ccc(OC(F)(F)F)c(Br)c1)C(=O)O. The minimum atomic E-state index is -4.83. The van der Waals surface area contributed by atoms with Crippen molar-refractivity contribution in [1.82, 2.24) is 5.32 Å². The van der Waals surface area contributed by atoms with Crippen molar-refractivity contribution in [2.75, 3.05) is 5.32 Å². The average Bonchev–Trinajstić information content (AvgIpc) is 2.30. The van der Waals surface area contributed by atoms with E-state index in [4.69, 9.17) is 5.11 Å². The number of hydrogen-bond donors (Lipinski definition) is 3. The zero-order valence-corrected chi connectivity index (χ0v) is 12.1. The molecule has 0 unspecified atom stereocenters. The van der Waals surface area contributed by atoms with Crippen LogP contribution in [0, 0.1) is 0 Å². The number of carboxylic acid groups (broad SMARTS) is 1. The molecule has 0 fully saturated rings. The smallest absolute Gasteiger partial charge is 0.480 e. The van der Waals surface area contributed by atoms with E-state index in [0.29, 0.717) is 0 Å². The van der Waals surface area contributed by atoms with Crippen molar-refractivity contribution in [3.05, 3.63) is 22.7 Å². The van der Waals surface area contributed by atoms with Gasteiger partial charge >= 0.3 is 18.4 Å². The summed E-state index contributed by atoms with van der Waals surface area (Å²) in [5.41, 5.74) is 0.159. The summed E-state index contributed by atoms with van der Waals surface area (Å²) >= 11 is 2.87. The van der Waals surface area contributed by atoms with Gasteiger partial charge in [-0.3, -0.25) is 4.79 Å². The highest BCUT2D eigenvalue weighted by molar-refractivity contribution is 9.10. The van der Waals surface area contributed by atoms with Crippen molar-refractivity contribution in [2.24, 2.45) is 0 Å². The van der Waals surface area contributed by atoms with Crippen LogP contribution in [-0.2, 0) is 4.79 Å². The molecule has 0 saturated carbocycles. The number of alkyl halides is 3. The number of anilines is 1. The normalized spacial score (nSPS) is 12.4. The fourth-order valence-electron chi connectivity index (χ4n) is 1.21. The number of carbonyl (C=O) groups excluding carboxylic acids is 1. The number of rotatable bonds is 4. The van der Waals surface area contributed by atoms with Crippen LogP contribution in [-0.4, -0.2) is 29.5 Å². The molecule has 0 aliphatic carbocycles. The molecule has 0 spiro atoms. The third-order valence-electron chi connectivity index (χ3n) is 2.13. The maximum atomic E-state index is 12.1. The molecule has 0 aromatic heterocycles. The van der Waals surface area contributed by atoms with Gasteiger partial charge in [0.05, 0.1) is 4.47 Å². The third-order valence-corrected chi connectivity index (χ3v) is 2.75. The number of hydrogen-bond acceptors (Lipinski definition) is 3. The number of nitrogens with one attached hydrogen (secondary N) is 2. The van der Waals surface area contributed by atoms with Crippen LogP contribution in [0.5, 0.6) is 5.75 Å². The molecule has 116 valence electrons. The minimum absolute atomic E-state index is 0.0242. The van der Waals surface area contributed by atoms with Gasteiger partial charge in [-0.2, -0.15) is 0 Å². The Morgan fingerprint density at radius 3 is 2.48 bits per heavy atom. The summed E-state index contributed by atoms with van der Waals surface area (Å²) in [6, 6.07) is 1.46. The molecule has 0 aliphatic heterocycles. The molecule has 1 atom stereocenters. The Kier molecular flexibility index (Phi) is 5.41. The zero-order chi connectivity index (χ0) is 16.2. The van der Waals surface area contributed by atoms with Crippen molar-refractivity contribution in [3.8, 4) is 5.75 Å². The molecule has 0 radical (unpaired) electrons. The second-order valence-electron chi connectivity index (χ2n) is 3.85. The van der Waals surface area contributed by atoms with Gasteiger partial charge in [-0.15, -0.1) is 13.2 Å². The molecule has 1 aromatic rings. The Morgan fingerprint density at radius 2 is 2.00 bits per heavy atom. The first-order valence-electron chi connectivity index (χ1n) is 5.44. The number of aliphatic carboxylic acids is 1. The van der Waals surface area contributed by atoms with E-state index in [9.17, 15) is 22.8 Å². The zero-order valence-electron chi connectivity index (χ0n) is 10.5. The number of halogens is 4. The summed E-state index contributed by atoms with van der Waals surface area (Å²) in [6.45, 7) is 1.26. The van der Waals surface area contributed by atoms with Crippen molar-refractivity contribution >= 4 is 33.6 Å². The highest BCUT2D eigenvalue weighted by atomic mass is 79.9. The summed E-state index contributed by atoms with van der Waals surface area (Å²) < 4.78 is 39.9. The van der Waals surface area contributed by atoms with E-state index in [0.717, 1.165) is 6.07 Å². The quantitative estimate of drug-likeness (QED) is 0.760. The van der Waals surface area contributed by atoms with Gasteiger partial charge in [0.2, 0.25) is 0 Å². The number of ether oxygens (including phenoxy) is 1. The Hall–Kier alpha value is -1.97. The molecule has 10 heteroatoms. The highest BCUT2D eigenvalue weighted by Crippen LogP contribution is 2.32. The number of carbonyl (C=O) groups is 2. The Bertz CT molecular complexity index is 551. The lowest BCUT2D eigenvalue weighted by molar-refractivity contribution is -0.274. The van der Waals surface area contributed by atoms with Gasteiger partial charge < -0.3 is 20.5 Å². The molecule has 0 aliphatic rings. The van der Waals surface area contributed by atoms with Crippen LogP contribution < -0.4 is 15.4 Å². The number of carboxylic acids is 1. The van der Waals surface area contributed by atoms with Gasteiger partial charge in [-0.25, -0.2) is 4.79 Å². The second kappa shape index (κ2) is 6.66. The summed E-state index contributed by atoms with van der Waals surface area (Å²) in [4.78, 5) is 22.0. The van der Waals surface area contributed by atoms with E-state index >= 15 is 0 Å². The lowest BCUT2D eigenvalue weighted by atomic mass is 10.3. The van der Waals surface area contributed by atoms with Crippen LogP contribution in [0.3, 0.4) is 0 Å². The summed E-state index contributed by atoms with van der Waals surface area (Å²) in [7, 11) is 0. The van der Waals surface area contributed by atoms with Crippen LogP contribution in [0.2, 0.25) is 0 Å². The minimum Gasteiger partial charge on any atom is -0.480 e. The summed E-state index contributed by atoms with van der Waals surface area (Å²) in [6.07, 6.45) is -4.83. The molecule has 1 rings (SSSR count). The first-order chi connectivity index (χ1) is 9.58. The van der Waals surface area contributed by atoms with E-state index in [1.165, 1.54) is 19.1 Å². The highest BCUT2D eigenvalue weighted by Gasteiger charge is 2.32. The van der Waals surface area contributed by atoms with Crippen molar-refractivity contribution < 1.29 is 32.6 Å². The molecular weight excluding hydrogens is 361 g/mol. The van der Waals surface area contributed by atoms with Gasteiger partial charge in [0.1, 0.15) is 11.8 Å². The monoisotopic (exact) mass is 370 g/mol. The number of benzene rings is 1. The van der Waals surface area contributed by atoms with E-state index in [2.05, 4.69) is 31.3 Å². The van der Waals surface area contributed by atoms with Crippen LogP contribution in [0.15, 0.2) is 22.7 Å². The second-order valence-corrected chi connectivity index (χ2v) is 4.71. The van der Waals surface area contributed by atoms with Gasteiger partial charge in [0, 0.05) is 5.69 Å². The van der Waals surface area contributed by atoms with Gasteiger partial charge in [-0.05, 0) is 41.1 Å². The molecule has 21 heavy (non-hydrogen) atoms. The molecule has 1 aromatic carbocycles. The predicted molar refractivity (Wildman–Crippen MR) is 70.1 cm³/mol. The average molecular weight is 371 g/mol. The van der Waals surface area contributed by atoms with Crippen LogP contribution in [0.1, 0.15) is 6.92 Å². The Balaban J connectivity index is 2.72. The van der Waals surface area contributed by atoms with Gasteiger partial charge in [0.15, 0.2) is 0 Å². The largest absolute Gasteiger partial charge is 0.573 e. The molecule has 0 heterocycles. The van der Waals surface area contributed by atoms with Crippen LogP contribution in [0.4, 0.5) is 23.7 Å². The molecule has 6 nitrogen and oxygen atoms in total. The van der Waals surface area contributed by atoms with Crippen molar-refractivity contribution in [1.29, 1.82) is 0 Å². The van der Waals surface area contributed by atoms with Gasteiger partial charge in [0.25, 0.3) is 0 Å². The predicted octanol–water partition coefficient (Wildman–Crippen LogP) is 2.94. The molecule has 3 N–H and O–H groups in total. The van der Waals surface area contributed by atoms with Crippen LogP contribution >= 0.6 is 15.9 Å². The Labute approximate surface area is 125 Å². The van der Waals surface area contributed by atoms with E-state index < -0.39 is 30.2 Å². The lowest BCUT2D eigenvalue weighted by Gasteiger charge is -2.13. The maximum absolute atomic E-state index is 12.1. The fraction of sp³-hybridized carbons (Fsp3) is 0.273. The van der Waals surface area contributed by atoms with E-state index in [-0.39, 0.29) is 10.2 Å². The lowest BCUT2D eigenvalue weighted by Crippen LogP contribution is -2.40. The maximum Gasteiger partial charge on any atom is 0.573 e.